The first-order valence-corrected chi connectivity index (χ1v) is 11.9. The number of esters is 1. The summed E-state index contributed by atoms with van der Waals surface area (Å²) in [6.07, 6.45) is 3.45. The zero-order valence-corrected chi connectivity index (χ0v) is 20.0. The molecule has 2 aliphatic heterocycles. The molecule has 0 bridgehead atoms. The number of aliphatic hydroxyl groups is 1. The number of pyridine rings is 1. The molecule has 7 nitrogen and oxygen atoms in total. The van der Waals surface area contributed by atoms with Crippen molar-refractivity contribution >= 4 is 28.5 Å². The highest BCUT2D eigenvalue weighted by Gasteiger charge is 2.42. The van der Waals surface area contributed by atoms with Crippen molar-refractivity contribution in [2.24, 2.45) is 5.92 Å². The maximum atomic E-state index is 14.8. The number of hydrogen-bond acceptors (Lipinski definition) is 6. The number of nitrogens with one attached hydrogen (secondary N) is 1. The Balaban J connectivity index is 1.77. The molecule has 0 radical (unpaired) electrons. The summed E-state index contributed by atoms with van der Waals surface area (Å²) < 4.78 is 20.1. The minimum absolute atomic E-state index is 0.00666. The molecule has 8 heteroatoms. The number of carbonyl (C=O) groups is 2. The van der Waals surface area contributed by atoms with Crippen molar-refractivity contribution < 1.29 is 23.8 Å². The van der Waals surface area contributed by atoms with E-state index in [1.165, 1.54) is 6.07 Å². The molecule has 1 unspecified atom stereocenters. The molecule has 34 heavy (non-hydrogen) atoms. The van der Waals surface area contributed by atoms with Gasteiger partial charge in [-0.1, -0.05) is 19.9 Å². The van der Waals surface area contributed by atoms with Crippen molar-refractivity contribution in [3.05, 3.63) is 45.9 Å². The van der Waals surface area contributed by atoms with Crippen molar-refractivity contribution in [2.75, 3.05) is 13.7 Å². The van der Waals surface area contributed by atoms with E-state index in [1.807, 2.05) is 14.0 Å². The van der Waals surface area contributed by atoms with E-state index >= 15 is 0 Å². The van der Waals surface area contributed by atoms with Crippen LogP contribution in [0.15, 0.2) is 12.1 Å². The molecule has 1 aromatic carbocycles. The summed E-state index contributed by atoms with van der Waals surface area (Å²) in [4.78, 5) is 32.5. The predicted molar refractivity (Wildman–Crippen MR) is 125 cm³/mol. The lowest BCUT2D eigenvalue weighted by Crippen LogP contribution is -2.42. The topological polar surface area (TPSA) is 91.8 Å². The molecule has 1 aromatic heterocycles. The van der Waals surface area contributed by atoms with Gasteiger partial charge in [-0.15, -0.1) is 0 Å². The number of fused-ring (bicyclic) bond motifs is 4. The van der Waals surface area contributed by atoms with E-state index in [0.29, 0.717) is 29.0 Å². The fraction of sp³-hybridized carbons (Fsp3) is 0.500. The summed E-state index contributed by atoms with van der Waals surface area (Å²) in [6.45, 7) is 5.48. The molecular weight excluding hydrogens is 437 g/mol. The molecule has 3 aliphatic rings. The Hall–Kier alpha value is -2.84. The van der Waals surface area contributed by atoms with Crippen LogP contribution < -0.4 is 5.32 Å². The largest absolute Gasteiger partial charge is 0.463 e. The number of aromatic nitrogens is 1. The average Bonchev–Trinajstić information content (AvgIpc) is 3.20. The van der Waals surface area contributed by atoms with Gasteiger partial charge in [-0.3, -0.25) is 4.79 Å². The Morgan fingerprint density at radius 1 is 1.35 bits per heavy atom. The molecule has 5 rings (SSSR count). The van der Waals surface area contributed by atoms with Gasteiger partial charge in [0.2, 0.25) is 5.91 Å². The molecule has 3 atom stereocenters. The normalized spacial score (nSPS) is 28.3. The van der Waals surface area contributed by atoms with E-state index < -0.39 is 17.5 Å². The third-order valence-corrected chi connectivity index (χ3v) is 7.72. The first-order chi connectivity index (χ1) is 16.2. The molecular formula is C26H30FN3O4. The molecule has 0 saturated carbocycles. The Morgan fingerprint density at radius 2 is 2.12 bits per heavy atom. The number of ether oxygens (including phenoxy) is 1. The van der Waals surface area contributed by atoms with Gasteiger partial charge >= 0.3 is 5.97 Å². The second-order valence-electron chi connectivity index (χ2n) is 9.69. The minimum atomic E-state index is -1.68. The van der Waals surface area contributed by atoms with Crippen LogP contribution in [0.2, 0.25) is 0 Å². The monoisotopic (exact) mass is 467 g/mol. The number of benzene rings is 1. The smallest absolute Gasteiger partial charge is 0.338 e. The van der Waals surface area contributed by atoms with E-state index in [9.17, 15) is 19.1 Å². The summed E-state index contributed by atoms with van der Waals surface area (Å²) in [6, 6.07) is 1.53. The van der Waals surface area contributed by atoms with E-state index in [-0.39, 0.29) is 37.2 Å². The SMILES string of the molecule is CC[C@]1(O)C/C=C2/c3nc4cc(F)c(C)c5c4c(c3CN2C(=O)C(C)COC1=O)[C@@H](NC)CC5. The summed E-state index contributed by atoms with van der Waals surface area (Å²) >= 11 is 0. The van der Waals surface area contributed by atoms with Gasteiger partial charge in [0, 0.05) is 29.5 Å². The molecule has 180 valence electrons. The predicted octanol–water partition coefficient (Wildman–Crippen LogP) is 3.30. The summed E-state index contributed by atoms with van der Waals surface area (Å²) in [5.41, 5.74) is 3.70. The molecule has 3 heterocycles. The van der Waals surface area contributed by atoms with E-state index in [1.54, 1.807) is 24.8 Å². The number of rotatable bonds is 2. The Labute approximate surface area is 198 Å². The maximum Gasteiger partial charge on any atom is 0.338 e. The Bertz CT molecular complexity index is 1260. The van der Waals surface area contributed by atoms with Gasteiger partial charge in [-0.25, -0.2) is 14.2 Å². The minimum Gasteiger partial charge on any atom is -0.463 e. The van der Waals surface area contributed by atoms with Gasteiger partial charge in [0.05, 0.1) is 29.4 Å². The molecule has 2 N–H and O–H groups in total. The first-order valence-electron chi connectivity index (χ1n) is 11.9. The van der Waals surface area contributed by atoms with Crippen LogP contribution in [0, 0.1) is 18.7 Å². The van der Waals surface area contributed by atoms with Crippen LogP contribution in [0.3, 0.4) is 0 Å². The van der Waals surface area contributed by atoms with Crippen LogP contribution in [0.25, 0.3) is 16.6 Å². The van der Waals surface area contributed by atoms with E-state index in [2.05, 4.69) is 5.32 Å². The number of aryl methyl sites for hydroxylation is 1. The lowest BCUT2D eigenvalue weighted by molar-refractivity contribution is -0.168. The van der Waals surface area contributed by atoms with Crippen molar-refractivity contribution in [1.29, 1.82) is 0 Å². The number of halogens is 1. The zero-order chi connectivity index (χ0) is 24.4. The maximum absolute atomic E-state index is 14.8. The van der Waals surface area contributed by atoms with Crippen molar-refractivity contribution in [3.8, 4) is 0 Å². The highest BCUT2D eigenvalue weighted by atomic mass is 19.1. The standard InChI is InChI=1S/C26H30FN3O4/c1-5-26(33)9-8-20-23-16(11-30(20)24(31)13(2)12-34-25(26)32)22-18(28-4)7-6-15-14(3)17(27)10-19(29-23)21(15)22/h8,10,13,18,28,33H,5-7,9,11-12H2,1-4H3/b20-8-/t13?,18-,26-/m0/s1. The summed E-state index contributed by atoms with van der Waals surface area (Å²) in [5, 5.41) is 15.3. The third kappa shape index (κ3) is 3.26. The summed E-state index contributed by atoms with van der Waals surface area (Å²) in [7, 11) is 1.91. The van der Waals surface area contributed by atoms with Gasteiger partial charge in [0.25, 0.3) is 0 Å². The lowest BCUT2D eigenvalue weighted by atomic mass is 9.82. The van der Waals surface area contributed by atoms with Gasteiger partial charge in [-0.2, -0.15) is 0 Å². The number of hydrogen-bond donors (Lipinski definition) is 2. The molecule has 1 amide bonds. The zero-order valence-electron chi connectivity index (χ0n) is 20.0. The lowest BCUT2D eigenvalue weighted by Gasteiger charge is -2.29. The fourth-order valence-corrected chi connectivity index (χ4v) is 5.52. The van der Waals surface area contributed by atoms with E-state index in [0.717, 1.165) is 34.9 Å². The van der Waals surface area contributed by atoms with Gasteiger partial charge in [0.1, 0.15) is 12.4 Å². The van der Waals surface area contributed by atoms with Crippen LogP contribution >= 0.6 is 0 Å². The Kier molecular flexibility index (Phi) is 5.48. The van der Waals surface area contributed by atoms with Crippen molar-refractivity contribution in [3.63, 3.8) is 0 Å². The first kappa shape index (κ1) is 22.9. The van der Waals surface area contributed by atoms with Crippen molar-refractivity contribution in [1.82, 2.24) is 15.2 Å². The molecule has 1 aliphatic carbocycles. The summed E-state index contributed by atoms with van der Waals surface area (Å²) in [5.74, 6) is -1.76. The van der Waals surface area contributed by atoms with Crippen LogP contribution in [-0.2, 0) is 27.3 Å². The molecule has 0 saturated heterocycles. The number of carbonyl (C=O) groups excluding carboxylic acids is 2. The van der Waals surface area contributed by atoms with Crippen LogP contribution in [0.4, 0.5) is 4.39 Å². The van der Waals surface area contributed by atoms with Crippen LogP contribution in [0.1, 0.15) is 67.1 Å². The third-order valence-electron chi connectivity index (χ3n) is 7.72. The molecule has 0 spiro atoms. The van der Waals surface area contributed by atoms with Crippen LogP contribution in [0.5, 0.6) is 0 Å². The van der Waals surface area contributed by atoms with Crippen LogP contribution in [-0.4, -0.2) is 46.1 Å². The average molecular weight is 468 g/mol. The second-order valence-corrected chi connectivity index (χ2v) is 9.69. The van der Waals surface area contributed by atoms with Gasteiger partial charge < -0.3 is 20.1 Å². The van der Waals surface area contributed by atoms with Crippen molar-refractivity contribution in [2.45, 2.75) is 64.6 Å². The second kappa shape index (κ2) is 8.13. The number of amides is 1. The fourth-order valence-electron chi connectivity index (χ4n) is 5.52. The highest BCUT2D eigenvalue weighted by molar-refractivity contribution is 5.96. The molecule has 0 fully saturated rings. The van der Waals surface area contributed by atoms with Gasteiger partial charge in [0.15, 0.2) is 5.60 Å². The van der Waals surface area contributed by atoms with E-state index in [4.69, 9.17) is 9.72 Å². The molecule has 2 aromatic rings. The quantitative estimate of drug-likeness (QED) is 0.659. The number of nitrogens with zero attached hydrogens (tertiary/aromatic N) is 2. The number of cyclic esters (lactones) is 1. The highest BCUT2D eigenvalue weighted by Crippen LogP contribution is 2.45. The Morgan fingerprint density at radius 3 is 2.82 bits per heavy atom. The van der Waals surface area contributed by atoms with Gasteiger partial charge in [-0.05, 0) is 49.9 Å².